The first-order chi connectivity index (χ1) is 4.54. The molecule has 0 N–H and O–H groups in total. The fourth-order valence-electron chi connectivity index (χ4n) is 0. The van der Waals surface area contributed by atoms with Crippen molar-refractivity contribution in [1.29, 1.82) is 0 Å². The Balaban J connectivity index is -0.000000107. The standard InChI is InChI=1S/2C3H4O2.Eu/c2*1-2-3(4)5;/h2*2H,1H2,(H,4,5);/q;;+2/p-2. The van der Waals surface area contributed by atoms with Crippen LogP contribution >= 0.6 is 0 Å². The van der Waals surface area contributed by atoms with Gasteiger partial charge in [0.15, 0.2) is 0 Å². The predicted molar refractivity (Wildman–Crippen MR) is 30.4 cm³/mol. The molecule has 0 saturated carbocycles. The molecule has 1 radical (unpaired) electrons. The van der Waals surface area contributed by atoms with Crippen molar-refractivity contribution in [3.05, 3.63) is 25.3 Å². The second-order valence-electron chi connectivity index (χ2n) is 1.05. The number of rotatable bonds is 2. The van der Waals surface area contributed by atoms with E-state index in [-0.39, 0.29) is 49.4 Å². The Bertz CT molecular complexity index is 135. The first-order valence-corrected chi connectivity index (χ1v) is 2.21. The Morgan fingerprint density at radius 1 is 1.00 bits per heavy atom. The number of hydrogen-bond donors (Lipinski definition) is 0. The van der Waals surface area contributed by atoms with Gasteiger partial charge in [0.25, 0.3) is 0 Å². The first-order valence-electron chi connectivity index (χ1n) is 2.21. The summed E-state index contributed by atoms with van der Waals surface area (Å²) >= 11 is 0. The summed E-state index contributed by atoms with van der Waals surface area (Å²) in [7, 11) is 0. The van der Waals surface area contributed by atoms with Gasteiger partial charge in [-0.25, -0.2) is 0 Å². The smallest absolute Gasteiger partial charge is 0.545 e. The molecule has 0 aliphatic rings. The Labute approximate surface area is 105 Å². The SMILES string of the molecule is C=CC(=O)[O-].C=CC(=O)[O-].[Eu+2]. The van der Waals surface area contributed by atoms with Gasteiger partial charge in [-0.15, -0.1) is 0 Å². The quantitative estimate of drug-likeness (QED) is 0.544. The molecule has 61 valence electrons. The van der Waals surface area contributed by atoms with E-state index >= 15 is 0 Å². The van der Waals surface area contributed by atoms with Gasteiger partial charge in [0.05, 0.1) is 11.9 Å². The third kappa shape index (κ3) is 40.0. The van der Waals surface area contributed by atoms with Gasteiger partial charge < -0.3 is 19.8 Å². The van der Waals surface area contributed by atoms with E-state index in [1.807, 2.05) is 0 Å². The molecule has 11 heavy (non-hydrogen) atoms. The zero-order valence-corrected chi connectivity index (χ0v) is 8.00. The maximum absolute atomic E-state index is 9.14. The minimum atomic E-state index is -1.23. The third-order valence-electron chi connectivity index (χ3n) is 0.333. The monoisotopic (exact) mass is 295 g/mol. The van der Waals surface area contributed by atoms with Crippen LogP contribution in [0.25, 0.3) is 0 Å². The molecule has 0 aromatic heterocycles. The van der Waals surface area contributed by atoms with Crippen LogP contribution in [-0.2, 0) is 9.59 Å². The van der Waals surface area contributed by atoms with E-state index in [4.69, 9.17) is 19.8 Å². The van der Waals surface area contributed by atoms with Gasteiger partial charge in [0.2, 0.25) is 0 Å². The van der Waals surface area contributed by atoms with E-state index in [0.29, 0.717) is 0 Å². The van der Waals surface area contributed by atoms with Crippen LogP contribution in [0.5, 0.6) is 0 Å². The maximum atomic E-state index is 9.14. The molecule has 0 bridgehead atoms. The van der Waals surface area contributed by atoms with E-state index < -0.39 is 11.9 Å². The molecule has 0 aromatic rings. The summed E-state index contributed by atoms with van der Waals surface area (Å²) in [5, 5.41) is 18.3. The van der Waals surface area contributed by atoms with Gasteiger partial charge in [0.1, 0.15) is 0 Å². The van der Waals surface area contributed by atoms with Gasteiger partial charge in [-0.1, -0.05) is 13.2 Å². The number of hydrogen-bond acceptors (Lipinski definition) is 4. The number of aliphatic carboxylic acids is 2. The second kappa shape index (κ2) is 12.7. The fraction of sp³-hybridized carbons (Fsp3) is 0. The summed E-state index contributed by atoms with van der Waals surface area (Å²) in [6, 6.07) is 0. The van der Waals surface area contributed by atoms with Crippen molar-refractivity contribution in [3.8, 4) is 0 Å². The zero-order valence-electron chi connectivity index (χ0n) is 5.58. The molecular weight excluding hydrogens is 288 g/mol. The van der Waals surface area contributed by atoms with Gasteiger partial charge >= 0.3 is 49.4 Å². The molecule has 0 unspecified atom stereocenters. The van der Waals surface area contributed by atoms with Crippen molar-refractivity contribution in [1.82, 2.24) is 0 Å². The van der Waals surface area contributed by atoms with Crippen molar-refractivity contribution in [2.75, 3.05) is 0 Å². The molecule has 0 heterocycles. The average molecular weight is 294 g/mol. The van der Waals surface area contributed by atoms with Crippen LogP contribution in [0.1, 0.15) is 0 Å². The second-order valence-corrected chi connectivity index (χ2v) is 1.05. The molecule has 0 atom stereocenters. The van der Waals surface area contributed by atoms with Gasteiger partial charge in [-0.05, 0) is 12.2 Å². The van der Waals surface area contributed by atoms with Crippen LogP contribution in [0.15, 0.2) is 25.3 Å². The molecule has 0 aliphatic carbocycles. The summed E-state index contributed by atoms with van der Waals surface area (Å²) < 4.78 is 0. The van der Waals surface area contributed by atoms with Crippen LogP contribution in [0.2, 0.25) is 0 Å². The van der Waals surface area contributed by atoms with E-state index in [2.05, 4.69) is 13.2 Å². The normalized spacial score (nSPS) is 5.82. The Morgan fingerprint density at radius 2 is 1.09 bits per heavy atom. The predicted octanol–water partition coefficient (Wildman–Crippen LogP) is -2.16. The van der Waals surface area contributed by atoms with E-state index in [0.717, 1.165) is 12.2 Å². The van der Waals surface area contributed by atoms with Crippen LogP contribution < -0.4 is 10.2 Å². The topological polar surface area (TPSA) is 80.3 Å². The Kier molecular flexibility index (Phi) is 19.8. The van der Waals surface area contributed by atoms with E-state index in [1.54, 1.807) is 0 Å². The minimum absolute atomic E-state index is 0. The summed E-state index contributed by atoms with van der Waals surface area (Å²) in [6.07, 6.45) is 1.44. The maximum Gasteiger partial charge on any atom is 2.00 e. The third-order valence-corrected chi connectivity index (χ3v) is 0.333. The summed E-state index contributed by atoms with van der Waals surface area (Å²) in [5.74, 6) is -2.46. The molecular formula is C6H6EuO4. The summed E-state index contributed by atoms with van der Waals surface area (Å²) in [4.78, 5) is 18.3. The molecule has 0 aliphatic heterocycles. The molecule has 0 saturated heterocycles. The summed E-state index contributed by atoms with van der Waals surface area (Å²) in [5.41, 5.74) is 0. The number of carboxylic acids is 2. The van der Waals surface area contributed by atoms with Gasteiger partial charge in [0, 0.05) is 0 Å². The minimum Gasteiger partial charge on any atom is -0.545 e. The van der Waals surface area contributed by atoms with Crippen molar-refractivity contribution in [2.45, 2.75) is 0 Å². The largest absolute Gasteiger partial charge is 2.00 e. The van der Waals surface area contributed by atoms with Crippen molar-refractivity contribution in [3.63, 3.8) is 0 Å². The molecule has 5 heteroatoms. The molecule has 0 spiro atoms. The van der Waals surface area contributed by atoms with Crippen LogP contribution in [-0.4, -0.2) is 11.9 Å². The van der Waals surface area contributed by atoms with Crippen LogP contribution in [0, 0.1) is 49.4 Å². The molecule has 0 rings (SSSR count). The molecule has 0 fully saturated rings. The van der Waals surface area contributed by atoms with Gasteiger partial charge in [-0.3, -0.25) is 0 Å². The van der Waals surface area contributed by atoms with Gasteiger partial charge in [-0.2, -0.15) is 0 Å². The summed E-state index contributed by atoms with van der Waals surface area (Å²) in [6.45, 7) is 5.80. The molecule has 0 amide bonds. The fourth-order valence-corrected chi connectivity index (χ4v) is 0. The van der Waals surface area contributed by atoms with Crippen molar-refractivity contribution >= 4 is 11.9 Å². The zero-order chi connectivity index (χ0) is 8.57. The average Bonchev–Trinajstić information content (AvgIpc) is 1.89. The Hall–Kier alpha value is 0.00442. The van der Waals surface area contributed by atoms with E-state index in [9.17, 15) is 0 Å². The first kappa shape index (κ1) is 17.2. The van der Waals surface area contributed by atoms with Crippen molar-refractivity contribution in [2.24, 2.45) is 0 Å². The van der Waals surface area contributed by atoms with Crippen molar-refractivity contribution < 1.29 is 69.2 Å². The van der Waals surface area contributed by atoms with Crippen LogP contribution in [0.3, 0.4) is 0 Å². The van der Waals surface area contributed by atoms with Crippen LogP contribution in [0.4, 0.5) is 0 Å². The number of carbonyl (C=O) groups is 2. The number of carbonyl (C=O) groups excluding carboxylic acids is 2. The molecule has 4 nitrogen and oxygen atoms in total. The van der Waals surface area contributed by atoms with E-state index in [1.165, 1.54) is 0 Å². The Morgan fingerprint density at radius 3 is 1.09 bits per heavy atom. The molecule has 0 aromatic carbocycles. The number of carboxylic acid groups (broad SMARTS) is 2.